The highest BCUT2D eigenvalue weighted by Crippen LogP contribution is 2.29. The van der Waals surface area contributed by atoms with Crippen LogP contribution in [0.1, 0.15) is 24.5 Å². The van der Waals surface area contributed by atoms with Crippen LogP contribution in [0.15, 0.2) is 11.0 Å². The van der Waals surface area contributed by atoms with E-state index in [1.165, 1.54) is 6.07 Å². The molecule has 0 saturated heterocycles. The van der Waals surface area contributed by atoms with Gasteiger partial charge in [0.1, 0.15) is 0 Å². The predicted molar refractivity (Wildman–Crippen MR) is 67.1 cm³/mol. The summed E-state index contributed by atoms with van der Waals surface area (Å²) in [4.78, 5) is 0.259. The fourth-order valence-corrected chi connectivity index (χ4v) is 3.27. The summed E-state index contributed by atoms with van der Waals surface area (Å²) in [5.41, 5.74) is 13.8. The Balaban J connectivity index is 3.48. The van der Waals surface area contributed by atoms with Crippen molar-refractivity contribution in [3.63, 3.8) is 0 Å². The first-order valence-electron chi connectivity index (χ1n) is 5.19. The Kier molecular flexibility index (Phi) is 3.48. The van der Waals surface area contributed by atoms with Crippen LogP contribution in [0.25, 0.3) is 0 Å². The maximum Gasteiger partial charge on any atom is 0.178 e. The van der Waals surface area contributed by atoms with Gasteiger partial charge in [-0.3, -0.25) is 0 Å². The van der Waals surface area contributed by atoms with Crippen LogP contribution in [0.4, 0.5) is 11.4 Å². The molecule has 0 aliphatic rings. The molecule has 1 rings (SSSR count). The normalized spacial score (nSPS) is 11.7. The van der Waals surface area contributed by atoms with Crippen molar-refractivity contribution in [2.75, 3.05) is 17.2 Å². The highest BCUT2D eigenvalue weighted by molar-refractivity contribution is 7.91. The van der Waals surface area contributed by atoms with Crippen LogP contribution in [-0.2, 0) is 9.84 Å². The molecule has 0 fully saturated rings. The topological polar surface area (TPSA) is 86.2 Å². The highest BCUT2D eigenvalue weighted by Gasteiger charge is 2.19. The summed E-state index contributed by atoms with van der Waals surface area (Å²) < 4.78 is 23.9. The number of benzene rings is 1. The Morgan fingerprint density at radius 1 is 1.19 bits per heavy atom. The molecular weight excluding hydrogens is 224 g/mol. The monoisotopic (exact) mass is 242 g/mol. The maximum absolute atomic E-state index is 12.0. The molecule has 0 aromatic heterocycles. The second kappa shape index (κ2) is 4.33. The number of nitrogens with two attached hydrogens (primary N) is 2. The number of sulfone groups is 1. The van der Waals surface area contributed by atoms with Gasteiger partial charge >= 0.3 is 0 Å². The number of hydrogen-bond acceptors (Lipinski definition) is 4. The molecule has 1 aromatic carbocycles. The molecule has 90 valence electrons. The third-order valence-corrected chi connectivity index (χ3v) is 4.74. The molecular formula is C11H18N2O2S. The number of rotatable bonds is 3. The van der Waals surface area contributed by atoms with Crippen LogP contribution >= 0.6 is 0 Å². The first-order chi connectivity index (χ1) is 7.31. The van der Waals surface area contributed by atoms with E-state index in [2.05, 4.69) is 0 Å². The Morgan fingerprint density at radius 2 is 1.75 bits per heavy atom. The number of nitrogen functional groups attached to an aromatic ring is 2. The lowest BCUT2D eigenvalue weighted by molar-refractivity contribution is 0.594. The zero-order chi connectivity index (χ0) is 12.5. The minimum Gasteiger partial charge on any atom is -0.398 e. The van der Waals surface area contributed by atoms with Crippen molar-refractivity contribution < 1.29 is 8.42 Å². The summed E-state index contributed by atoms with van der Waals surface area (Å²) in [5, 5.41) is 0. The largest absolute Gasteiger partial charge is 0.398 e. The van der Waals surface area contributed by atoms with Crippen LogP contribution < -0.4 is 11.5 Å². The molecule has 0 atom stereocenters. The molecule has 1 aromatic rings. The van der Waals surface area contributed by atoms with Gasteiger partial charge in [-0.05, 0) is 37.5 Å². The molecule has 0 heterocycles. The van der Waals surface area contributed by atoms with Crippen molar-refractivity contribution in [1.82, 2.24) is 0 Å². The molecule has 0 saturated carbocycles. The number of hydrogen-bond donors (Lipinski definition) is 2. The van der Waals surface area contributed by atoms with Crippen LogP contribution in [0.2, 0.25) is 0 Å². The molecule has 4 nitrogen and oxygen atoms in total. The smallest absolute Gasteiger partial charge is 0.178 e. The molecule has 4 N–H and O–H groups in total. The average molecular weight is 242 g/mol. The molecule has 0 aliphatic heterocycles. The summed E-state index contributed by atoms with van der Waals surface area (Å²) in [6.07, 6.45) is 0.579. The van der Waals surface area contributed by atoms with Gasteiger partial charge in [-0.2, -0.15) is 0 Å². The van der Waals surface area contributed by atoms with Gasteiger partial charge in [-0.25, -0.2) is 8.42 Å². The molecule has 0 bridgehead atoms. The molecule has 0 aliphatic carbocycles. The second-order valence-corrected chi connectivity index (χ2v) is 6.02. The summed E-state index contributed by atoms with van der Waals surface area (Å²) >= 11 is 0. The van der Waals surface area contributed by atoms with Crippen LogP contribution in [0.3, 0.4) is 0 Å². The Morgan fingerprint density at radius 3 is 2.25 bits per heavy atom. The van der Waals surface area contributed by atoms with Gasteiger partial charge in [0.25, 0.3) is 0 Å². The van der Waals surface area contributed by atoms with Gasteiger partial charge in [-0.1, -0.05) is 6.92 Å². The fourth-order valence-electron chi connectivity index (χ4n) is 1.63. The van der Waals surface area contributed by atoms with Gasteiger partial charge in [-0.15, -0.1) is 0 Å². The highest BCUT2D eigenvalue weighted by atomic mass is 32.2. The van der Waals surface area contributed by atoms with E-state index in [-0.39, 0.29) is 10.6 Å². The van der Waals surface area contributed by atoms with E-state index in [0.29, 0.717) is 23.4 Å². The Labute approximate surface area is 96.6 Å². The molecule has 0 unspecified atom stereocenters. The molecule has 0 spiro atoms. The van der Waals surface area contributed by atoms with E-state index in [1.807, 2.05) is 6.92 Å². The lowest BCUT2D eigenvalue weighted by atomic mass is 10.1. The fraction of sp³-hybridized carbons (Fsp3) is 0.455. The van der Waals surface area contributed by atoms with E-state index in [4.69, 9.17) is 11.5 Å². The molecule has 0 radical (unpaired) electrons. The summed E-state index contributed by atoms with van der Waals surface area (Å²) in [7, 11) is -3.26. The first-order valence-corrected chi connectivity index (χ1v) is 6.84. The zero-order valence-electron chi connectivity index (χ0n) is 9.87. The van der Waals surface area contributed by atoms with Crippen molar-refractivity contribution >= 4 is 21.2 Å². The van der Waals surface area contributed by atoms with E-state index < -0.39 is 9.84 Å². The summed E-state index contributed by atoms with van der Waals surface area (Å²) in [6.45, 7) is 5.33. The van der Waals surface area contributed by atoms with Crippen LogP contribution in [0.5, 0.6) is 0 Å². The van der Waals surface area contributed by atoms with Gasteiger partial charge in [0, 0.05) is 11.4 Å². The van der Waals surface area contributed by atoms with E-state index in [0.717, 1.165) is 5.56 Å². The molecule has 16 heavy (non-hydrogen) atoms. The Hall–Kier alpha value is -1.23. The van der Waals surface area contributed by atoms with E-state index in [9.17, 15) is 8.42 Å². The van der Waals surface area contributed by atoms with Crippen LogP contribution in [-0.4, -0.2) is 14.2 Å². The van der Waals surface area contributed by atoms with Gasteiger partial charge in [0.05, 0.1) is 10.6 Å². The first kappa shape index (κ1) is 12.8. The minimum atomic E-state index is -3.26. The molecule has 0 amide bonds. The van der Waals surface area contributed by atoms with Crippen LogP contribution in [0, 0.1) is 13.8 Å². The maximum atomic E-state index is 12.0. The zero-order valence-corrected chi connectivity index (χ0v) is 10.7. The lowest BCUT2D eigenvalue weighted by Crippen LogP contribution is -2.11. The average Bonchev–Trinajstić information content (AvgIpc) is 2.20. The third kappa shape index (κ3) is 2.14. The second-order valence-electron chi connectivity index (χ2n) is 3.95. The van der Waals surface area contributed by atoms with E-state index >= 15 is 0 Å². The van der Waals surface area contributed by atoms with Crippen molar-refractivity contribution in [2.45, 2.75) is 32.1 Å². The van der Waals surface area contributed by atoms with Crippen molar-refractivity contribution in [1.29, 1.82) is 0 Å². The number of anilines is 2. The van der Waals surface area contributed by atoms with Gasteiger partial charge in [0.15, 0.2) is 9.84 Å². The van der Waals surface area contributed by atoms with E-state index in [1.54, 1.807) is 13.8 Å². The van der Waals surface area contributed by atoms with Crippen molar-refractivity contribution in [3.8, 4) is 0 Å². The third-order valence-electron chi connectivity index (χ3n) is 2.71. The lowest BCUT2D eigenvalue weighted by Gasteiger charge is -2.13. The van der Waals surface area contributed by atoms with Gasteiger partial charge < -0.3 is 11.5 Å². The van der Waals surface area contributed by atoms with Crippen molar-refractivity contribution in [3.05, 3.63) is 17.2 Å². The molecule has 5 heteroatoms. The minimum absolute atomic E-state index is 0.121. The summed E-state index contributed by atoms with van der Waals surface area (Å²) in [6, 6.07) is 1.51. The predicted octanol–water partition coefficient (Wildman–Crippen LogP) is 1.65. The summed E-state index contributed by atoms with van der Waals surface area (Å²) in [5.74, 6) is 0.121. The standard InChI is InChI=1S/C11H18N2O2S/c1-4-5-16(14,15)10-6-9(12)7(2)11(13)8(10)3/h6H,4-5,12-13H2,1-3H3. The van der Waals surface area contributed by atoms with Crippen molar-refractivity contribution in [2.24, 2.45) is 0 Å². The Bertz CT molecular complexity index is 507. The van der Waals surface area contributed by atoms with Gasteiger partial charge in [0.2, 0.25) is 0 Å². The SMILES string of the molecule is CCCS(=O)(=O)c1cc(N)c(C)c(N)c1C. The quantitative estimate of drug-likeness (QED) is 0.789.